The number of halogens is 3. The van der Waals surface area contributed by atoms with E-state index in [-0.39, 0.29) is 5.75 Å². The van der Waals surface area contributed by atoms with Gasteiger partial charge in [-0.1, -0.05) is 6.07 Å². The molecule has 0 heterocycles. The summed E-state index contributed by atoms with van der Waals surface area (Å²) in [5.74, 6) is -1.51. The number of hydrogen-bond donors (Lipinski definition) is 2. The first-order valence-corrected chi connectivity index (χ1v) is 9.34. The van der Waals surface area contributed by atoms with E-state index in [0.717, 1.165) is 25.1 Å². The Morgan fingerprint density at radius 3 is 2.58 bits per heavy atom. The summed E-state index contributed by atoms with van der Waals surface area (Å²) in [5, 5.41) is 2.94. The van der Waals surface area contributed by atoms with Gasteiger partial charge in [-0.05, 0) is 57.0 Å². The highest BCUT2D eigenvalue weighted by atomic mass is 32.2. The van der Waals surface area contributed by atoms with Crippen molar-refractivity contribution in [1.82, 2.24) is 10.0 Å². The molecule has 0 radical (unpaired) electrons. The van der Waals surface area contributed by atoms with Crippen molar-refractivity contribution in [3.8, 4) is 5.75 Å². The Labute approximate surface area is 139 Å². The molecule has 0 aromatic heterocycles. The van der Waals surface area contributed by atoms with Gasteiger partial charge in [0.1, 0.15) is 0 Å². The fourth-order valence-corrected chi connectivity index (χ4v) is 4.11. The van der Waals surface area contributed by atoms with E-state index >= 15 is 0 Å². The third-order valence-corrected chi connectivity index (χ3v) is 5.42. The van der Waals surface area contributed by atoms with E-state index in [4.69, 9.17) is 0 Å². The molecule has 1 aliphatic carbocycles. The standard InChI is InChI=1S/C15H21F3N2O3S/c1-19-8-2-3-9-24(21,22)20-15(6-7-15)11-4-5-12(16)13(10-11)23-14(17)18/h4-5,10,14,19-20H,2-3,6-9H2,1H3. The Bertz CT molecular complexity index is 664. The zero-order valence-electron chi connectivity index (χ0n) is 13.3. The summed E-state index contributed by atoms with van der Waals surface area (Å²) < 4.78 is 69.3. The summed E-state index contributed by atoms with van der Waals surface area (Å²) in [5.41, 5.74) is -0.422. The fourth-order valence-electron chi connectivity index (χ4n) is 2.50. The first-order chi connectivity index (χ1) is 11.3. The number of hydrogen-bond acceptors (Lipinski definition) is 4. The van der Waals surface area contributed by atoms with Gasteiger partial charge in [-0.2, -0.15) is 8.78 Å². The molecule has 0 unspecified atom stereocenters. The summed E-state index contributed by atoms with van der Waals surface area (Å²) in [4.78, 5) is 0. The van der Waals surface area contributed by atoms with Crippen LogP contribution >= 0.6 is 0 Å². The summed E-state index contributed by atoms with van der Waals surface area (Å²) in [6.07, 6.45) is 2.30. The lowest BCUT2D eigenvalue weighted by Gasteiger charge is -2.19. The van der Waals surface area contributed by atoms with Crippen molar-refractivity contribution < 1.29 is 26.3 Å². The van der Waals surface area contributed by atoms with Crippen LogP contribution in [0, 0.1) is 5.82 Å². The first kappa shape index (κ1) is 19.0. The molecular formula is C15H21F3N2O3S. The van der Waals surface area contributed by atoms with Crippen LogP contribution in [0.15, 0.2) is 18.2 Å². The van der Waals surface area contributed by atoms with Crippen molar-refractivity contribution in [2.24, 2.45) is 0 Å². The molecule has 0 saturated heterocycles. The van der Waals surface area contributed by atoms with Crippen LogP contribution in [0.1, 0.15) is 31.2 Å². The molecule has 136 valence electrons. The molecule has 1 saturated carbocycles. The number of nitrogens with one attached hydrogen (secondary N) is 2. The van der Waals surface area contributed by atoms with Crippen molar-refractivity contribution in [2.75, 3.05) is 19.3 Å². The Kier molecular flexibility index (Phi) is 6.11. The van der Waals surface area contributed by atoms with Crippen LogP contribution in [0.4, 0.5) is 13.2 Å². The molecule has 2 N–H and O–H groups in total. The largest absolute Gasteiger partial charge is 0.432 e. The average molecular weight is 366 g/mol. The van der Waals surface area contributed by atoms with Gasteiger partial charge < -0.3 is 10.1 Å². The average Bonchev–Trinajstić information content (AvgIpc) is 3.25. The predicted octanol–water partition coefficient (Wildman–Crippen LogP) is 2.34. The fraction of sp³-hybridized carbons (Fsp3) is 0.600. The van der Waals surface area contributed by atoms with E-state index in [9.17, 15) is 21.6 Å². The Balaban J connectivity index is 2.08. The molecule has 2 rings (SSSR count). The summed E-state index contributed by atoms with van der Waals surface area (Å²) in [6, 6.07) is 3.54. The second-order valence-corrected chi connectivity index (χ2v) is 7.68. The minimum atomic E-state index is -3.51. The lowest BCUT2D eigenvalue weighted by atomic mass is 10.1. The second-order valence-electron chi connectivity index (χ2n) is 5.84. The number of rotatable bonds is 10. The monoisotopic (exact) mass is 366 g/mol. The molecule has 9 heteroatoms. The minimum Gasteiger partial charge on any atom is -0.432 e. The molecule has 1 fully saturated rings. The lowest BCUT2D eigenvalue weighted by molar-refractivity contribution is -0.0522. The minimum absolute atomic E-state index is 0.0159. The quantitative estimate of drug-likeness (QED) is 0.624. The van der Waals surface area contributed by atoms with E-state index in [1.54, 1.807) is 7.05 Å². The molecule has 24 heavy (non-hydrogen) atoms. The van der Waals surface area contributed by atoms with Gasteiger partial charge in [0.15, 0.2) is 11.6 Å². The highest BCUT2D eigenvalue weighted by molar-refractivity contribution is 7.89. The van der Waals surface area contributed by atoms with Gasteiger partial charge in [0.2, 0.25) is 10.0 Å². The Morgan fingerprint density at radius 2 is 2.00 bits per heavy atom. The molecule has 1 aromatic carbocycles. The maximum atomic E-state index is 13.5. The van der Waals surface area contributed by atoms with Crippen LogP contribution in [0.2, 0.25) is 0 Å². The van der Waals surface area contributed by atoms with E-state index in [0.29, 0.717) is 24.8 Å². The maximum Gasteiger partial charge on any atom is 0.387 e. The van der Waals surface area contributed by atoms with Gasteiger partial charge in [-0.3, -0.25) is 0 Å². The number of sulfonamides is 1. The molecule has 5 nitrogen and oxygen atoms in total. The van der Waals surface area contributed by atoms with E-state index in [2.05, 4.69) is 14.8 Å². The van der Waals surface area contributed by atoms with Gasteiger partial charge in [0, 0.05) is 0 Å². The van der Waals surface area contributed by atoms with Crippen LogP contribution in [0.25, 0.3) is 0 Å². The Morgan fingerprint density at radius 1 is 1.29 bits per heavy atom. The second kappa shape index (κ2) is 7.71. The van der Waals surface area contributed by atoms with Crippen LogP contribution in [-0.2, 0) is 15.6 Å². The molecule has 0 spiro atoms. The predicted molar refractivity (Wildman–Crippen MR) is 84.0 cm³/mol. The summed E-state index contributed by atoms with van der Waals surface area (Å²) in [6.45, 7) is -2.42. The smallest absolute Gasteiger partial charge is 0.387 e. The van der Waals surface area contributed by atoms with Crippen LogP contribution in [0.3, 0.4) is 0 Å². The summed E-state index contributed by atoms with van der Waals surface area (Å²) in [7, 11) is -1.72. The normalized spacial score (nSPS) is 16.4. The van der Waals surface area contributed by atoms with Crippen molar-refractivity contribution in [3.05, 3.63) is 29.6 Å². The highest BCUT2D eigenvalue weighted by Crippen LogP contribution is 2.47. The van der Waals surface area contributed by atoms with E-state index in [1.807, 2.05) is 0 Å². The first-order valence-electron chi connectivity index (χ1n) is 7.69. The third-order valence-electron chi connectivity index (χ3n) is 3.89. The zero-order valence-corrected chi connectivity index (χ0v) is 14.1. The molecule has 1 aliphatic rings. The number of unbranched alkanes of at least 4 members (excludes halogenated alkanes) is 1. The van der Waals surface area contributed by atoms with E-state index < -0.39 is 33.7 Å². The van der Waals surface area contributed by atoms with Crippen molar-refractivity contribution in [2.45, 2.75) is 37.8 Å². The van der Waals surface area contributed by atoms with Crippen LogP contribution < -0.4 is 14.8 Å². The molecule has 0 aliphatic heterocycles. The third kappa shape index (κ3) is 5.09. The molecule has 0 atom stereocenters. The van der Waals surface area contributed by atoms with Crippen LogP contribution in [-0.4, -0.2) is 34.4 Å². The Hall–Kier alpha value is -1.32. The maximum absolute atomic E-state index is 13.5. The van der Waals surface area contributed by atoms with Gasteiger partial charge in [0.05, 0.1) is 11.3 Å². The van der Waals surface area contributed by atoms with Crippen LogP contribution in [0.5, 0.6) is 5.75 Å². The molecule has 0 bridgehead atoms. The highest BCUT2D eigenvalue weighted by Gasteiger charge is 2.47. The topological polar surface area (TPSA) is 67.4 Å². The number of ether oxygens (including phenoxy) is 1. The lowest BCUT2D eigenvalue weighted by Crippen LogP contribution is -2.36. The number of alkyl halides is 2. The van der Waals surface area contributed by atoms with Crippen molar-refractivity contribution >= 4 is 10.0 Å². The number of benzene rings is 1. The SMILES string of the molecule is CNCCCCS(=O)(=O)NC1(c2ccc(F)c(OC(F)F)c2)CC1. The molecule has 0 amide bonds. The van der Waals surface area contributed by atoms with Crippen molar-refractivity contribution in [1.29, 1.82) is 0 Å². The van der Waals surface area contributed by atoms with E-state index in [1.165, 1.54) is 6.07 Å². The molecule has 1 aromatic rings. The molecular weight excluding hydrogens is 345 g/mol. The van der Waals surface area contributed by atoms with Gasteiger partial charge >= 0.3 is 6.61 Å². The summed E-state index contributed by atoms with van der Waals surface area (Å²) >= 11 is 0. The van der Waals surface area contributed by atoms with Crippen molar-refractivity contribution in [3.63, 3.8) is 0 Å². The van der Waals surface area contributed by atoms with Gasteiger partial charge in [0.25, 0.3) is 0 Å². The van der Waals surface area contributed by atoms with Gasteiger partial charge in [-0.25, -0.2) is 17.5 Å². The van der Waals surface area contributed by atoms with Gasteiger partial charge in [-0.15, -0.1) is 0 Å². The zero-order chi connectivity index (χ0) is 17.8.